The second-order valence-electron chi connectivity index (χ2n) is 3.62. The molecule has 0 bridgehead atoms. The summed E-state index contributed by atoms with van der Waals surface area (Å²) in [6.07, 6.45) is 3.12. The highest BCUT2D eigenvalue weighted by Crippen LogP contribution is 2.16. The van der Waals surface area contributed by atoms with Gasteiger partial charge in [-0.25, -0.2) is 9.37 Å². The van der Waals surface area contributed by atoms with Gasteiger partial charge in [-0.3, -0.25) is 4.98 Å². The Balaban J connectivity index is 2.31. The maximum absolute atomic E-state index is 13.6. The van der Waals surface area contributed by atoms with E-state index in [2.05, 4.69) is 20.3 Å². The quantitative estimate of drug-likeness (QED) is 0.636. The number of aromatic nitrogens is 5. The Labute approximate surface area is 95.9 Å². The van der Waals surface area contributed by atoms with Crippen molar-refractivity contribution in [3.8, 4) is 5.82 Å². The number of hydrogen-bond acceptors (Lipinski definition) is 4. The van der Waals surface area contributed by atoms with Gasteiger partial charge in [-0.2, -0.15) is 4.68 Å². The number of aryl methyl sites for hydroxylation is 1. The first kappa shape index (κ1) is 9.83. The first-order valence-corrected chi connectivity index (χ1v) is 5.04. The van der Waals surface area contributed by atoms with Crippen LogP contribution in [0.1, 0.15) is 5.69 Å². The molecule has 3 rings (SSSR count). The van der Waals surface area contributed by atoms with Crippen LogP contribution in [-0.2, 0) is 0 Å². The summed E-state index contributed by atoms with van der Waals surface area (Å²) in [5, 5.41) is 7.81. The second kappa shape index (κ2) is 3.58. The van der Waals surface area contributed by atoms with E-state index in [1.807, 2.05) is 6.92 Å². The zero-order valence-corrected chi connectivity index (χ0v) is 9.00. The standard InChI is InChI=1S/C11H8FN5/c1-7-5-10-9(6-14-7)15-16-17(10)11-8(12)3-2-4-13-11/h2-6H,1H3. The largest absolute Gasteiger partial charge is 0.259 e. The van der Waals surface area contributed by atoms with Crippen molar-refractivity contribution in [1.82, 2.24) is 25.0 Å². The number of hydrogen-bond donors (Lipinski definition) is 0. The fourth-order valence-electron chi connectivity index (χ4n) is 1.62. The molecule has 0 atom stereocenters. The van der Waals surface area contributed by atoms with E-state index in [0.717, 1.165) is 5.69 Å². The first-order valence-electron chi connectivity index (χ1n) is 5.04. The molecule has 3 aromatic rings. The maximum atomic E-state index is 13.6. The van der Waals surface area contributed by atoms with Crippen LogP contribution < -0.4 is 0 Å². The summed E-state index contributed by atoms with van der Waals surface area (Å²) in [4.78, 5) is 8.07. The zero-order chi connectivity index (χ0) is 11.8. The van der Waals surface area contributed by atoms with Gasteiger partial charge in [-0.15, -0.1) is 5.10 Å². The summed E-state index contributed by atoms with van der Waals surface area (Å²) in [6.45, 7) is 1.85. The molecule has 0 saturated carbocycles. The van der Waals surface area contributed by atoms with Gasteiger partial charge in [-0.1, -0.05) is 5.21 Å². The summed E-state index contributed by atoms with van der Waals surface area (Å²) in [7, 11) is 0. The lowest BCUT2D eigenvalue weighted by Gasteiger charge is -2.01. The highest BCUT2D eigenvalue weighted by molar-refractivity contribution is 5.75. The van der Waals surface area contributed by atoms with Crippen LogP contribution in [-0.4, -0.2) is 25.0 Å². The van der Waals surface area contributed by atoms with E-state index in [1.54, 1.807) is 12.3 Å². The van der Waals surface area contributed by atoms with Crippen LogP contribution in [0.5, 0.6) is 0 Å². The van der Waals surface area contributed by atoms with E-state index in [0.29, 0.717) is 11.0 Å². The molecule has 0 aliphatic carbocycles. The van der Waals surface area contributed by atoms with Crippen molar-refractivity contribution >= 4 is 11.0 Å². The van der Waals surface area contributed by atoms with E-state index in [1.165, 1.54) is 23.0 Å². The van der Waals surface area contributed by atoms with E-state index in [9.17, 15) is 4.39 Å². The second-order valence-corrected chi connectivity index (χ2v) is 3.62. The zero-order valence-electron chi connectivity index (χ0n) is 9.00. The molecule has 0 spiro atoms. The molecule has 0 N–H and O–H groups in total. The van der Waals surface area contributed by atoms with Crippen molar-refractivity contribution in [3.63, 3.8) is 0 Å². The lowest BCUT2D eigenvalue weighted by molar-refractivity contribution is 0.599. The molecule has 3 heterocycles. The minimum absolute atomic E-state index is 0.139. The van der Waals surface area contributed by atoms with Gasteiger partial charge in [-0.05, 0) is 25.1 Å². The number of halogens is 1. The molecular formula is C11H8FN5. The van der Waals surface area contributed by atoms with Crippen LogP contribution in [0, 0.1) is 12.7 Å². The predicted molar refractivity (Wildman–Crippen MR) is 59.2 cm³/mol. The molecule has 0 aromatic carbocycles. The highest BCUT2D eigenvalue weighted by Gasteiger charge is 2.11. The van der Waals surface area contributed by atoms with Gasteiger partial charge < -0.3 is 0 Å². The molecule has 0 aliphatic heterocycles. The number of rotatable bonds is 1. The molecule has 0 saturated heterocycles. The number of nitrogens with zero attached hydrogens (tertiary/aromatic N) is 5. The Morgan fingerprint density at radius 2 is 2.18 bits per heavy atom. The lowest BCUT2D eigenvalue weighted by Crippen LogP contribution is -2.02. The summed E-state index contributed by atoms with van der Waals surface area (Å²) < 4.78 is 15.0. The Morgan fingerprint density at radius 1 is 1.29 bits per heavy atom. The molecule has 0 unspecified atom stereocenters. The van der Waals surface area contributed by atoms with Crippen molar-refractivity contribution in [2.75, 3.05) is 0 Å². The molecule has 0 fully saturated rings. The van der Waals surface area contributed by atoms with Gasteiger partial charge in [0.1, 0.15) is 5.52 Å². The molecule has 84 valence electrons. The third-order valence-corrected chi connectivity index (χ3v) is 2.41. The van der Waals surface area contributed by atoms with Crippen molar-refractivity contribution in [1.29, 1.82) is 0 Å². The fraction of sp³-hybridized carbons (Fsp3) is 0.0909. The maximum Gasteiger partial charge on any atom is 0.191 e. The Kier molecular flexibility index (Phi) is 2.07. The molecule has 0 amide bonds. The van der Waals surface area contributed by atoms with Crippen molar-refractivity contribution in [3.05, 3.63) is 42.1 Å². The van der Waals surface area contributed by atoms with E-state index in [4.69, 9.17) is 0 Å². The third kappa shape index (κ3) is 1.54. The SMILES string of the molecule is Cc1cc2c(cn1)nnn2-c1ncccc1F. The fourth-order valence-corrected chi connectivity index (χ4v) is 1.62. The Morgan fingerprint density at radius 3 is 3.00 bits per heavy atom. The summed E-state index contributed by atoms with van der Waals surface area (Å²) >= 11 is 0. The van der Waals surface area contributed by atoms with Crippen molar-refractivity contribution < 1.29 is 4.39 Å². The van der Waals surface area contributed by atoms with Crippen LogP contribution in [0.25, 0.3) is 16.9 Å². The van der Waals surface area contributed by atoms with Crippen molar-refractivity contribution in [2.45, 2.75) is 6.92 Å². The van der Waals surface area contributed by atoms with Crippen LogP contribution in [0.4, 0.5) is 4.39 Å². The Bertz CT molecular complexity index is 691. The van der Waals surface area contributed by atoms with Crippen molar-refractivity contribution in [2.24, 2.45) is 0 Å². The summed E-state index contributed by atoms with van der Waals surface area (Å²) in [5.41, 5.74) is 2.12. The van der Waals surface area contributed by atoms with Gasteiger partial charge in [0.05, 0.1) is 11.7 Å². The number of fused-ring (bicyclic) bond motifs is 1. The molecule has 0 aliphatic rings. The normalized spacial score (nSPS) is 10.9. The average molecular weight is 229 g/mol. The van der Waals surface area contributed by atoms with E-state index >= 15 is 0 Å². The van der Waals surface area contributed by atoms with Gasteiger partial charge >= 0.3 is 0 Å². The predicted octanol–water partition coefficient (Wildman–Crippen LogP) is 1.66. The molecule has 17 heavy (non-hydrogen) atoms. The average Bonchev–Trinajstić information content (AvgIpc) is 2.72. The van der Waals surface area contributed by atoms with E-state index < -0.39 is 5.82 Å². The van der Waals surface area contributed by atoms with Crippen LogP contribution in [0.2, 0.25) is 0 Å². The summed E-state index contributed by atoms with van der Waals surface area (Å²) in [6, 6.07) is 4.66. The van der Waals surface area contributed by atoms with E-state index in [-0.39, 0.29) is 5.82 Å². The van der Waals surface area contributed by atoms with Gasteiger partial charge in [0.2, 0.25) is 0 Å². The third-order valence-electron chi connectivity index (χ3n) is 2.41. The molecule has 6 heteroatoms. The molecule has 3 aromatic heterocycles. The van der Waals surface area contributed by atoms with Crippen LogP contribution in [0.15, 0.2) is 30.6 Å². The van der Waals surface area contributed by atoms with Gasteiger partial charge in [0, 0.05) is 11.9 Å². The first-order chi connectivity index (χ1) is 8.25. The lowest BCUT2D eigenvalue weighted by atomic mass is 10.3. The summed E-state index contributed by atoms with van der Waals surface area (Å²) in [5.74, 6) is -0.297. The minimum atomic E-state index is -0.436. The highest BCUT2D eigenvalue weighted by atomic mass is 19.1. The van der Waals surface area contributed by atoms with Crippen LogP contribution in [0.3, 0.4) is 0 Å². The molecule has 0 radical (unpaired) electrons. The van der Waals surface area contributed by atoms with Gasteiger partial charge in [0.15, 0.2) is 11.6 Å². The van der Waals surface area contributed by atoms with Crippen LogP contribution >= 0.6 is 0 Å². The molecule has 5 nitrogen and oxygen atoms in total. The smallest absolute Gasteiger partial charge is 0.191 e. The molecular weight excluding hydrogens is 221 g/mol. The Hall–Kier alpha value is -2.37. The number of pyridine rings is 2. The van der Waals surface area contributed by atoms with Gasteiger partial charge in [0.25, 0.3) is 0 Å². The minimum Gasteiger partial charge on any atom is -0.259 e. The topological polar surface area (TPSA) is 56.5 Å². The monoisotopic (exact) mass is 229 g/mol.